The van der Waals surface area contributed by atoms with E-state index in [1.54, 1.807) is 5.57 Å². The molecule has 5 heteroatoms. The fourth-order valence-electron chi connectivity index (χ4n) is 4.28. The van der Waals surface area contributed by atoms with E-state index in [4.69, 9.17) is 14.5 Å². The van der Waals surface area contributed by atoms with Crippen LogP contribution in [0.3, 0.4) is 0 Å². The molecule has 0 amide bonds. The van der Waals surface area contributed by atoms with Crippen molar-refractivity contribution in [2.75, 3.05) is 39.4 Å². The first-order valence-corrected chi connectivity index (χ1v) is 11.3. The zero-order chi connectivity index (χ0) is 18.7. The summed E-state index contributed by atoms with van der Waals surface area (Å²) in [6.45, 7) is 7.73. The van der Waals surface area contributed by atoms with Gasteiger partial charge in [0, 0.05) is 32.8 Å². The Hall–Kier alpha value is -1.07. The Bertz CT molecular complexity index is 478. The van der Waals surface area contributed by atoms with Gasteiger partial charge in [-0.15, -0.1) is 0 Å². The number of allylic oxidation sites excluding steroid dienone is 1. The van der Waals surface area contributed by atoms with Crippen LogP contribution in [0.1, 0.15) is 71.1 Å². The molecule has 1 unspecified atom stereocenters. The molecule has 27 heavy (non-hydrogen) atoms. The van der Waals surface area contributed by atoms with Crippen LogP contribution in [0.5, 0.6) is 0 Å². The minimum absolute atomic E-state index is 0.324. The van der Waals surface area contributed by atoms with Crippen molar-refractivity contribution in [2.45, 2.75) is 83.3 Å². The van der Waals surface area contributed by atoms with E-state index in [-0.39, 0.29) is 0 Å². The van der Waals surface area contributed by atoms with Gasteiger partial charge in [0.2, 0.25) is 0 Å². The summed E-state index contributed by atoms with van der Waals surface area (Å²) in [6, 6.07) is 0. The highest BCUT2D eigenvalue weighted by Crippen LogP contribution is 2.20. The van der Waals surface area contributed by atoms with Crippen LogP contribution in [0.2, 0.25) is 0 Å². The number of nitrogens with one attached hydrogen (secondary N) is 1. The van der Waals surface area contributed by atoms with Crippen LogP contribution < -0.4 is 5.32 Å². The summed E-state index contributed by atoms with van der Waals surface area (Å²) >= 11 is 0. The fraction of sp³-hybridized carbons (Fsp3) is 0.864. The lowest BCUT2D eigenvalue weighted by Crippen LogP contribution is -2.47. The Kier molecular flexibility index (Phi) is 8.95. The Morgan fingerprint density at radius 1 is 1.22 bits per heavy atom. The van der Waals surface area contributed by atoms with Gasteiger partial charge in [-0.3, -0.25) is 4.99 Å². The third-order valence-electron chi connectivity index (χ3n) is 5.95. The molecular weight excluding hydrogens is 338 g/mol. The first-order valence-electron chi connectivity index (χ1n) is 11.3. The van der Waals surface area contributed by atoms with Crippen molar-refractivity contribution in [1.82, 2.24) is 10.2 Å². The molecule has 1 atom stereocenters. The van der Waals surface area contributed by atoms with Crippen LogP contribution >= 0.6 is 0 Å². The van der Waals surface area contributed by atoms with Crippen molar-refractivity contribution in [3.8, 4) is 0 Å². The molecule has 0 aromatic rings. The average Bonchev–Trinajstić information content (AvgIpc) is 2.74. The average molecular weight is 378 g/mol. The number of rotatable bonds is 7. The van der Waals surface area contributed by atoms with Crippen molar-refractivity contribution in [1.29, 1.82) is 0 Å². The minimum Gasteiger partial charge on any atom is -0.376 e. The van der Waals surface area contributed by atoms with Crippen LogP contribution in [0.4, 0.5) is 0 Å². The van der Waals surface area contributed by atoms with Crippen LogP contribution in [-0.4, -0.2) is 62.5 Å². The molecule has 2 aliphatic heterocycles. The van der Waals surface area contributed by atoms with Crippen molar-refractivity contribution < 1.29 is 9.47 Å². The summed E-state index contributed by atoms with van der Waals surface area (Å²) in [5, 5.41) is 3.48. The van der Waals surface area contributed by atoms with Crippen LogP contribution in [-0.2, 0) is 9.47 Å². The maximum absolute atomic E-state index is 6.15. The highest BCUT2D eigenvalue weighted by molar-refractivity contribution is 5.80. The molecule has 2 saturated heterocycles. The predicted octanol–water partition coefficient (Wildman–Crippen LogP) is 3.89. The van der Waals surface area contributed by atoms with Gasteiger partial charge in [-0.1, -0.05) is 11.6 Å². The highest BCUT2D eigenvalue weighted by atomic mass is 16.5. The zero-order valence-corrected chi connectivity index (χ0v) is 17.3. The molecule has 3 rings (SSSR count). The number of hydrogen-bond acceptors (Lipinski definition) is 3. The van der Waals surface area contributed by atoms with Crippen LogP contribution in [0, 0.1) is 0 Å². The van der Waals surface area contributed by atoms with Gasteiger partial charge in [-0.2, -0.15) is 0 Å². The van der Waals surface area contributed by atoms with E-state index in [1.807, 2.05) is 0 Å². The lowest BCUT2D eigenvalue weighted by atomic mass is 9.97. The van der Waals surface area contributed by atoms with Gasteiger partial charge in [0.1, 0.15) is 0 Å². The van der Waals surface area contributed by atoms with E-state index in [1.165, 1.54) is 38.5 Å². The molecule has 3 aliphatic rings. The van der Waals surface area contributed by atoms with Gasteiger partial charge in [0.05, 0.1) is 18.8 Å². The number of nitrogens with zero attached hydrogens (tertiary/aromatic N) is 2. The molecular formula is C22H39N3O2. The zero-order valence-electron chi connectivity index (χ0n) is 17.3. The smallest absolute Gasteiger partial charge is 0.193 e. The number of ether oxygens (including phenoxy) is 2. The first kappa shape index (κ1) is 20.7. The van der Waals surface area contributed by atoms with Gasteiger partial charge in [0.25, 0.3) is 0 Å². The Morgan fingerprint density at radius 3 is 2.81 bits per heavy atom. The van der Waals surface area contributed by atoms with Crippen molar-refractivity contribution in [2.24, 2.45) is 4.99 Å². The molecule has 0 spiro atoms. The summed E-state index contributed by atoms with van der Waals surface area (Å²) in [6.07, 6.45) is 15.3. The van der Waals surface area contributed by atoms with Gasteiger partial charge in [-0.25, -0.2) is 0 Å². The first-order chi connectivity index (χ1) is 13.3. The summed E-state index contributed by atoms with van der Waals surface area (Å²) in [4.78, 5) is 7.32. The van der Waals surface area contributed by atoms with Crippen molar-refractivity contribution in [3.63, 3.8) is 0 Å². The SMILES string of the molecule is CCNC(=NCCC1=CCCCC1)N1CCC(OCC2CCCCO2)CC1. The molecule has 0 radical (unpaired) electrons. The van der Waals surface area contributed by atoms with E-state index in [0.717, 1.165) is 71.0 Å². The standard InChI is InChI=1S/C22H39N3O2/c1-2-23-22(24-14-11-19-8-4-3-5-9-19)25-15-12-20(13-16-25)27-18-21-10-6-7-17-26-21/h8,20-21H,2-7,9-18H2,1H3,(H,23,24). The van der Waals surface area contributed by atoms with Gasteiger partial charge >= 0.3 is 0 Å². The number of likely N-dealkylation sites (tertiary alicyclic amines) is 1. The topological polar surface area (TPSA) is 46.1 Å². The van der Waals surface area contributed by atoms with E-state index in [0.29, 0.717) is 12.2 Å². The second-order valence-electron chi connectivity index (χ2n) is 8.10. The molecule has 2 fully saturated rings. The summed E-state index contributed by atoms with van der Waals surface area (Å²) in [5.41, 5.74) is 1.61. The number of aliphatic imine (C=N–C) groups is 1. The monoisotopic (exact) mass is 377 g/mol. The van der Waals surface area contributed by atoms with Crippen LogP contribution in [0.15, 0.2) is 16.6 Å². The second kappa shape index (κ2) is 11.7. The van der Waals surface area contributed by atoms with E-state index in [2.05, 4.69) is 23.2 Å². The largest absolute Gasteiger partial charge is 0.376 e. The second-order valence-corrected chi connectivity index (χ2v) is 8.10. The maximum Gasteiger partial charge on any atom is 0.193 e. The molecule has 5 nitrogen and oxygen atoms in total. The molecule has 1 N–H and O–H groups in total. The Balaban J connectivity index is 1.39. The van der Waals surface area contributed by atoms with Crippen molar-refractivity contribution >= 4 is 5.96 Å². The van der Waals surface area contributed by atoms with Gasteiger partial charge < -0.3 is 19.7 Å². The maximum atomic E-state index is 6.15. The summed E-state index contributed by atoms with van der Waals surface area (Å²) in [5.74, 6) is 1.09. The summed E-state index contributed by atoms with van der Waals surface area (Å²) < 4.78 is 11.9. The molecule has 0 saturated carbocycles. The normalized spacial score (nSPS) is 25.4. The van der Waals surface area contributed by atoms with Crippen LogP contribution in [0.25, 0.3) is 0 Å². The number of piperidine rings is 1. The third kappa shape index (κ3) is 7.11. The lowest BCUT2D eigenvalue weighted by Gasteiger charge is -2.35. The van der Waals surface area contributed by atoms with E-state index >= 15 is 0 Å². The Morgan fingerprint density at radius 2 is 2.11 bits per heavy atom. The Labute approximate surface area is 165 Å². The third-order valence-corrected chi connectivity index (χ3v) is 5.95. The van der Waals surface area contributed by atoms with E-state index < -0.39 is 0 Å². The lowest BCUT2D eigenvalue weighted by molar-refractivity contribution is -0.0721. The predicted molar refractivity (Wildman–Crippen MR) is 111 cm³/mol. The van der Waals surface area contributed by atoms with Crippen molar-refractivity contribution in [3.05, 3.63) is 11.6 Å². The van der Waals surface area contributed by atoms with Gasteiger partial charge in [-0.05, 0) is 71.1 Å². The molecule has 0 aromatic carbocycles. The quantitative estimate of drug-likeness (QED) is 0.415. The van der Waals surface area contributed by atoms with E-state index in [9.17, 15) is 0 Å². The molecule has 1 aliphatic carbocycles. The summed E-state index contributed by atoms with van der Waals surface area (Å²) in [7, 11) is 0. The molecule has 154 valence electrons. The highest BCUT2D eigenvalue weighted by Gasteiger charge is 2.23. The number of guanidine groups is 1. The fourth-order valence-corrected chi connectivity index (χ4v) is 4.28. The van der Waals surface area contributed by atoms with Gasteiger partial charge in [0.15, 0.2) is 5.96 Å². The molecule has 0 aromatic heterocycles. The number of hydrogen-bond donors (Lipinski definition) is 1. The molecule has 2 heterocycles. The molecule has 0 bridgehead atoms. The minimum atomic E-state index is 0.324.